The van der Waals surface area contributed by atoms with E-state index in [1.807, 2.05) is 11.4 Å². The van der Waals surface area contributed by atoms with E-state index in [0.29, 0.717) is 32.6 Å². The predicted octanol–water partition coefficient (Wildman–Crippen LogP) is 4.91. The Balaban J connectivity index is 1.75. The fraction of sp³-hybridized carbons (Fsp3) is 0.0526. The molecular formula is C19H15ClN2O3S. The van der Waals surface area contributed by atoms with E-state index in [0.717, 1.165) is 0 Å². The number of ether oxygens (including phenoxy) is 1. The molecule has 2 aromatic carbocycles. The molecule has 0 fully saturated rings. The first-order valence-corrected chi connectivity index (χ1v) is 8.92. The van der Waals surface area contributed by atoms with Crippen molar-refractivity contribution in [3.63, 3.8) is 0 Å². The van der Waals surface area contributed by atoms with E-state index in [4.69, 9.17) is 16.3 Å². The summed E-state index contributed by atoms with van der Waals surface area (Å²) in [6.07, 6.45) is 0. The van der Waals surface area contributed by atoms with Gasteiger partial charge in [-0.1, -0.05) is 23.7 Å². The van der Waals surface area contributed by atoms with Gasteiger partial charge < -0.3 is 15.4 Å². The number of amides is 2. The summed E-state index contributed by atoms with van der Waals surface area (Å²) in [5, 5.41) is 7.86. The van der Waals surface area contributed by atoms with Gasteiger partial charge >= 0.3 is 0 Å². The number of halogens is 1. The molecule has 0 radical (unpaired) electrons. The number of methoxy groups -OCH3 is 1. The Kier molecular flexibility index (Phi) is 5.55. The lowest BCUT2D eigenvalue weighted by Gasteiger charge is -2.11. The molecule has 0 bridgehead atoms. The minimum atomic E-state index is -0.355. The van der Waals surface area contributed by atoms with Crippen LogP contribution in [0.4, 0.5) is 11.4 Å². The molecule has 2 amide bonds. The van der Waals surface area contributed by atoms with Gasteiger partial charge in [-0.05, 0) is 47.8 Å². The maximum atomic E-state index is 12.5. The second-order valence-corrected chi connectivity index (χ2v) is 6.70. The first kappa shape index (κ1) is 18.0. The smallest absolute Gasteiger partial charge is 0.265 e. The standard InChI is InChI=1S/C19H15ClN2O3S/c1-25-16-8-7-12(20)10-15(16)18(23)21-13-4-2-5-14(11-13)22-19(24)17-6-3-9-26-17/h2-11H,1H3,(H,21,23)(H,22,24). The third-order valence-corrected chi connectivity index (χ3v) is 4.63. The van der Waals surface area contributed by atoms with Gasteiger partial charge in [-0.25, -0.2) is 0 Å². The zero-order chi connectivity index (χ0) is 18.5. The Morgan fingerprint density at radius 2 is 1.69 bits per heavy atom. The molecule has 0 atom stereocenters. The topological polar surface area (TPSA) is 67.4 Å². The monoisotopic (exact) mass is 386 g/mol. The third kappa shape index (κ3) is 4.22. The molecule has 26 heavy (non-hydrogen) atoms. The van der Waals surface area contributed by atoms with Gasteiger partial charge in [-0.2, -0.15) is 0 Å². The molecule has 132 valence electrons. The van der Waals surface area contributed by atoms with E-state index < -0.39 is 0 Å². The summed E-state index contributed by atoms with van der Waals surface area (Å²) in [5.74, 6) is -0.125. The number of carbonyl (C=O) groups excluding carboxylic acids is 2. The Hall–Kier alpha value is -2.83. The summed E-state index contributed by atoms with van der Waals surface area (Å²) in [4.78, 5) is 25.3. The Morgan fingerprint density at radius 1 is 0.962 bits per heavy atom. The van der Waals surface area contributed by atoms with Crippen LogP contribution in [-0.2, 0) is 0 Å². The van der Waals surface area contributed by atoms with Crippen LogP contribution >= 0.6 is 22.9 Å². The molecule has 0 unspecified atom stereocenters. The minimum absolute atomic E-state index is 0.194. The van der Waals surface area contributed by atoms with E-state index in [1.54, 1.807) is 42.5 Å². The summed E-state index contributed by atoms with van der Waals surface area (Å²) < 4.78 is 5.20. The van der Waals surface area contributed by atoms with Gasteiger partial charge in [-0.15, -0.1) is 11.3 Å². The van der Waals surface area contributed by atoms with Crippen molar-refractivity contribution >= 4 is 46.1 Å². The molecule has 0 saturated carbocycles. The van der Waals surface area contributed by atoms with Crippen LogP contribution < -0.4 is 15.4 Å². The molecular weight excluding hydrogens is 372 g/mol. The van der Waals surface area contributed by atoms with Crippen molar-refractivity contribution in [3.8, 4) is 5.75 Å². The highest BCUT2D eigenvalue weighted by molar-refractivity contribution is 7.12. The zero-order valence-corrected chi connectivity index (χ0v) is 15.4. The highest BCUT2D eigenvalue weighted by atomic mass is 35.5. The van der Waals surface area contributed by atoms with Crippen molar-refractivity contribution in [1.29, 1.82) is 0 Å². The zero-order valence-electron chi connectivity index (χ0n) is 13.8. The number of rotatable bonds is 5. The Labute approximate surface area is 159 Å². The molecule has 1 aromatic heterocycles. The summed E-state index contributed by atoms with van der Waals surface area (Å²) in [5.41, 5.74) is 1.45. The third-order valence-electron chi connectivity index (χ3n) is 3.53. The summed E-state index contributed by atoms with van der Waals surface area (Å²) >= 11 is 7.33. The number of thiophene rings is 1. The number of benzene rings is 2. The lowest BCUT2D eigenvalue weighted by Crippen LogP contribution is -2.14. The Morgan fingerprint density at radius 3 is 2.35 bits per heavy atom. The lowest BCUT2D eigenvalue weighted by atomic mass is 10.1. The van der Waals surface area contributed by atoms with Crippen molar-refractivity contribution < 1.29 is 14.3 Å². The summed E-state index contributed by atoms with van der Waals surface area (Å²) in [7, 11) is 1.49. The van der Waals surface area contributed by atoms with Gasteiger partial charge in [0.05, 0.1) is 17.6 Å². The van der Waals surface area contributed by atoms with Crippen molar-refractivity contribution in [2.75, 3.05) is 17.7 Å². The van der Waals surface area contributed by atoms with E-state index in [2.05, 4.69) is 10.6 Å². The lowest BCUT2D eigenvalue weighted by molar-refractivity contribution is 0.101. The van der Waals surface area contributed by atoms with Crippen LogP contribution in [-0.4, -0.2) is 18.9 Å². The van der Waals surface area contributed by atoms with Gasteiger partial charge in [0.25, 0.3) is 11.8 Å². The molecule has 2 N–H and O–H groups in total. The number of hydrogen-bond donors (Lipinski definition) is 2. The molecule has 7 heteroatoms. The molecule has 0 aliphatic carbocycles. The molecule has 3 rings (SSSR count). The molecule has 5 nitrogen and oxygen atoms in total. The van der Waals surface area contributed by atoms with Crippen molar-refractivity contribution in [2.45, 2.75) is 0 Å². The quantitative estimate of drug-likeness (QED) is 0.654. The van der Waals surface area contributed by atoms with Crippen LogP contribution in [0.25, 0.3) is 0 Å². The van der Waals surface area contributed by atoms with E-state index in [9.17, 15) is 9.59 Å². The average molecular weight is 387 g/mol. The molecule has 1 heterocycles. The number of anilines is 2. The van der Waals surface area contributed by atoms with Crippen LogP contribution in [0, 0.1) is 0 Å². The van der Waals surface area contributed by atoms with Gasteiger partial charge in [-0.3, -0.25) is 9.59 Å². The summed E-state index contributed by atoms with van der Waals surface area (Å²) in [6.45, 7) is 0. The second-order valence-electron chi connectivity index (χ2n) is 5.31. The highest BCUT2D eigenvalue weighted by Gasteiger charge is 2.14. The maximum absolute atomic E-state index is 12.5. The molecule has 0 aliphatic rings. The number of carbonyl (C=O) groups is 2. The molecule has 0 aliphatic heterocycles. The van der Waals surface area contributed by atoms with Crippen LogP contribution in [0.15, 0.2) is 60.0 Å². The van der Waals surface area contributed by atoms with Crippen LogP contribution in [0.3, 0.4) is 0 Å². The van der Waals surface area contributed by atoms with Crippen molar-refractivity contribution in [1.82, 2.24) is 0 Å². The fourth-order valence-corrected chi connectivity index (χ4v) is 3.12. The van der Waals surface area contributed by atoms with Crippen molar-refractivity contribution in [3.05, 3.63) is 75.4 Å². The van der Waals surface area contributed by atoms with Gasteiger partial charge in [0.1, 0.15) is 5.75 Å². The normalized spacial score (nSPS) is 10.2. The van der Waals surface area contributed by atoms with Gasteiger partial charge in [0.15, 0.2) is 0 Å². The summed E-state index contributed by atoms with van der Waals surface area (Å²) in [6, 6.07) is 15.3. The predicted molar refractivity (Wildman–Crippen MR) is 105 cm³/mol. The first-order chi connectivity index (χ1) is 12.6. The number of nitrogens with one attached hydrogen (secondary N) is 2. The van der Waals surface area contributed by atoms with Gasteiger partial charge in [0, 0.05) is 16.4 Å². The van der Waals surface area contributed by atoms with E-state index >= 15 is 0 Å². The second kappa shape index (κ2) is 8.03. The highest BCUT2D eigenvalue weighted by Crippen LogP contribution is 2.24. The maximum Gasteiger partial charge on any atom is 0.265 e. The van der Waals surface area contributed by atoms with E-state index in [1.165, 1.54) is 24.5 Å². The van der Waals surface area contributed by atoms with Crippen molar-refractivity contribution in [2.24, 2.45) is 0 Å². The molecule has 0 spiro atoms. The van der Waals surface area contributed by atoms with Crippen LogP contribution in [0.1, 0.15) is 20.0 Å². The minimum Gasteiger partial charge on any atom is -0.496 e. The molecule has 0 saturated heterocycles. The van der Waals surface area contributed by atoms with E-state index in [-0.39, 0.29) is 11.8 Å². The molecule has 3 aromatic rings. The first-order valence-electron chi connectivity index (χ1n) is 7.66. The van der Waals surface area contributed by atoms with Gasteiger partial charge in [0.2, 0.25) is 0 Å². The van der Waals surface area contributed by atoms with Crippen LogP contribution in [0.5, 0.6) is 5.75 Å². The largest absolute Gasteiger partial charge is 0.496 e. The number of hydrogen-bond acceptors (Lipinski definition) is 4. The van der Waals surface area contributed by atoms with Crippen LogP contribution in [0.2, 0.25) is 5.02 Å². The Bertz CT molecular complexity index is 942. The average Bonchev–Trinajstić information content (AvgIpc) is 3.17. The SMILES string of the molecule is COc1ccc(Cl)cc1C(=O)Nc1cccc(NC(=O)c2cccs2)c1. The fourth-order valence-electron chi connectivity index (χ4n) is 2.33.